The van der Waals surface area contributed by atoms with Gasteiger partial charge in [-0.2, -0.15) is 0 Å². The number of thiocarbonyl (C=S) groups is 1. The van der Waals surface area contributed by atoms with Crippen molar-refractivity contribution in [1.82, 2.24) is 4.98 Å². The largest absolute Gasteiger partial charge is 0.388 e. The van der Waals surface area contributed by atoms with E-state index in [0.717, 1.165) is 12.2 Å². The molecule has 2 aromatic heterocycles. The fourth-order valence-corrected chi connectivity index (χ4v) is 2.69. The lowest BCUT2D eigenvalue weighted by atomic mass is 10.2. The molecule has 19 heavy (non-hydrogen) atoms. The molecule has 2 heterocycles. The monoisotopic (exact) mass is 291 g/mol. The molecule has 0 atom stereocenters. The Balaban J connectivity index is 2.28. The minimum atomic E-state index is 0.335. The molecule has 0 aromatic carbocycles. The second kappa shape index (κ2) is 6.12. The molecule has 0 unspecified atom stereocenters. The summed E-state index contributed by atoms with van der Waals surface area (Å²) in [5.74, 6) is 0. The Morgan fingerprint density at radius 2 is 2.26 bits per heavy atom. The summed E-state index contributed by atoms with van der Waals surface area (Å²) < 4.78 is 0. The summed E-state index contributed by atoms with van der Waals surface area (Å²) in [5.41, 5.74) is 7.42. The van der Waals surface area contributed by atoms with Crippen LogP contribution in [0.2, 0.25) is 0 Å². The molecular weight excluding hydrogens is 274 g/mol. The third kappa shape index (κ3) is 3.52. The highest BCUT2D eigenvalue weighted by Crippen LogP contribution is 2.22. The number of rotatable bonds is 5. The summed E-state index contributed by atoms with van der Waals surface area (Å²) in [4.78, 5) is 8.17. The molecule has 2 N–H and O–H groups in total. The van der Waals surface area contributed by atoms with Crippen LogP contribution in [0.25, 0.3) is 0 Å². The molecule has 0 aliphatic heterocycles. The molecule has 0 bridgehead atoms. The van der Waals surface area contributed by atoms with Crippen LogP contribution < -0.4 is 10.6 Å². The Labute approximate surface area is 123 Å². The molecule has 0 amide bonds. The zero-order valence-electron chi connectivity index (χ0n) is 11.0. The van der Waals surface area contributed by atoms with E-state index >= 15 is 0 Å². The van der Waals surface area contributed by atoms with Gasteiger partial charge < -0.3 is 10.6 Å². The van der Waals surface area contributed by atoms with Crippen molar-refractivity contribution in [1.29, 1.82) is 0 Å². The Hall–Kier alpha value is -1.46. The zero-order valence-corrected chi connectivity index (χ0v) is 12.7. The Bertz CT molecular complexity index is 550. The van der Waals surface area contributed by atoms with Crippen LogP contribution in [0.15, 0.2) is 35.8 Å². The van der Waals surface area contributed by atoms with E-state index in [2.05, 4.69) is 41.2 Å². The quantitative estimate of drug-likeness (QED) is 0.859. The highest BCUT2D eigenvalue weighted by Gasteiger charge is 2.13. The zero-order chi connectivity index (χ0) is 13.8. The number of nitrogens with zero attached hydrogens (tertiary/aromatic N) is 2. The van der Waals surface area contributed by atoms with Crippen LogP contribution in [-0.2, 0) is 6.54 Å². The standard InChI is InChI=1S/C14H17N3S2/c1-10(2)17(9-12-4-3-7-19-12)11-5-6-16-13(8-11)14(15)18/h3-8,10H,9H2,1-2H3,(H2,15,18). The van der Waals surface area contributed by atoms with Crippen molar-refractivity contribution in [3.05, 3.63) is 46.4 Å². The van der Waals surface area contributed by atoms with Crippen molar-refractivity contribution in [2.45, 2.75) is 26.4 Å². The summed E-state index contributed by atoms with van der Waals surface area (Å²) in [6.45, 7) is 5.24. The average molecular weight is 291 g/mol. The van der Waals surface area contributed by atoms with Crippen LogP contribution in [-0.4, -0.2) is 16.0 Å². The number of pyridine rings is 1. The van der Waals surface area contributed by atoms with Crippen LogP contribution in [0.4, 0.5) is 5.69 Å². The molecule has 3 nitrogen and oxygen atoms in total. The van der Waals surface area contributed by atoms with Crippen LogP contribution in [0.3, 0.4) is 0 Å². The third-order valence-corrected chi connectivity index (χ3v) is 3.93. The molecule has 0 aliphatic rings. The van der Waals surface area contributed by atoms with E-state index < -0.39 is 0 Å². The maximum atomic E-state index is 5.65. The van der Waals surface area contributed by atoms with Crippen molar-refractivity contribution >= 4 is 34.2 Å². The normalized spacial score (nSPS) is 10.7. The first-order valence-electron chi connectivity index (χ1n) is 6.13. The van der Waals surface area contributed by atoms with Crippen LogP contribution in [0.5, 0.6) is 0 Å². The van der Waals surface area contributed by atoms with E-state index in [1.54, 1.807) is 17.5 Å². The smallest absolute Gasteiger partial charge is 0.122 e. The molecule has 0 radical (unpaired) electrons. The van der Waals surface area contributed by atoms with Crippen LogP contribution in [0, 0.1) is 0 Å². The predicted molar refractivity (Wildman–Crippen MR) is 85.8 cm³/mol. The van der Waals surface area contributed by atoms with Crippen molar-refractivity contribution in [3.8, 4) is 0 Å². The number of nitrogens with two attached hydrogens (primary N) is 1. The molecule has 2 rings (SSSR count). The van der Waals surface area contributed by atoms with Crippen molar-refractivity contribution in [2.75, 3.05) is 4.90 Å². The molecule has 100 valence electrons. The van der Waals surface area contributed by atoms with Crippen molar-refractivity contribution < 1.29 is 0 Å². The molecule has 0 spiro atoms. The van der Waals surface area contributed by atoms with E-state index in [0.29, 0.717) is 16.7 Å². The van der Waals surface area contributed by atoms with Gasteiger partial charge in [0.25, 0.3) is 0 Å². The van der Waals surface area contributed by atoms with E-state index in [-0.39, 0.29) is 0 Å². The number of hydrogen-bond donors (Lipinski definition) is 1. The predicted octanol–water partition coefficient (Wildman–Crippen LogP) is 3.19. The Morgan fingerprint density at radius 1 is 1.47 bits per heavy atom. The third-order valence-electron chi connectivity index (χ3n) is 2.86. The number of hydrogen-bond acceptors (Lipinski definition) is 4. The highest BCUT2D eigenvalue weighted by atomic mass is 32.1. The molecule has 5 heteroatoms. The van der Waals surface area contributed by atoms with Crippen LogP contribution >= 0.6 is 23.6 Å². The van der Waals surface area contributed by atoms with Crippen LogP contribution in [0.1, 0.15) is 24.4 Å². The number of thiophene rings is 1. The van der Waals surface area contributed by atoms with Gasteiger partial charge in [0.1, 0.15) is 4.99 Å². The van der Waals surface area contributed by atoms with E-state index in [1.165, 1.54) is 4.88 Å². The van der Waals surface area contributed by atoms with Crippen molar-refractivity contribution in [3.63, 3.8) is 0 Å². The minimum Gasteiger partial charge on any atom is -0.388 e. The van der Waals surface area contributed by atoms with Gasteiger partial charge in [0.15, 0.2) is 0 Å². The summed E-state index contributed by atoms with van der Waals surface area (Å²) in [5, 5.41) is 2.10. The fraction of sp³-hybridized carbons (Fsp3) is 0.286. The topological polar surface area (TPSA) is 42.2 Å². The Morgan fingerprint density at radius 3 is 2.84 bits per heavy atom. The van der Waals surface area contributed by atoms with E-state index in [9.17, 15) is 0 Å². The molecule has 2 aromatic rings. The molecule has 0 saturated heterocycles. The average Bonchev–Trinajstić information content (AvgIpc) is 2.88. The molecular formula is C14H17N3S2. The maximum Gasteiger partial charge on any atom is 0.122 e. The summed E-state index contributed by atoms with van der Waals surface area (Å²) >= 11 is 6.75. The van der Waals surface area contributed by atoms with Gasteiger partial charge >= 0.3 is 0 Å². The molecule has 0 saturated carbocycles. The first-order valence-corrected chi connectivity index (χ1v) is 7.41. The summed E-state index contributed by atoms with van der Waals surface area (Å²) in [6, 6.07) is 8.57. The maximum absolute atomic E-state index is 5.65. The van der Waals surface area contributed by atoms with Gasteiger partial charge in [0.2, 0.25) is 0 Å². The minimum absolute atomic E-state index is 0.335. The lowest BCUT2D eigenvalue weighted by Gasteiger charge is -2.28. The Kier molecular flexibility index (Phi) is 4.50. The second-order valence-electron chi connectivity index (χ2n) is 4.56. The molecule has 0 fully saturated rings. The van der Waals surface area contributed by atoms with Gasteiger partial charge in [-0.3, -0.25) is 4.98 Å². The van der Waals surface area contributed by atoms with E-state index in [4.69, 9.17) is 18.0 Å². The highest BCUT2D eigenvalue weighted by molar-refractivity contribution is 7.80. The first kappa shape index (κ1) is 14.0. The molecule has 0 aliphatic carbocycles. The fourth-order valence-electron chi connectivity index (χ4n) is 1.88. The number of aromatic nitrogens is 1. The first-order chi connectivity index (χ1) is 9.08. The van der Waals surface area contributed by atoms with Gasteiger partial charge in [-0.1, -0.05) is 18.3 Å². The lowest BCUT2D eigenvalue weighted by Crippen LogP contribution is -2.30. The summed E-state index contributed by atoms with van der Waals surface area (Å²) in [6.07, 6.45) is 1.76. The van der Waals surface area contributed by atoms with E-state index in [1.807, 2.05) is 12.1 Å². The van der Waals surface area contributed by atoms with Gasteiger partial charge in [-0.25, -0.2) is 0 Å². The van der Waals surface area contributed by atoms with Gasteiger partial charge in [0.05, 0.1) is 12.2 Å². The van der Waals surface area contributed by atoms with Gasteiger partial charge in [-0.15, -0.1) is 11.3 Å². The lowest BCUT2D eigenvalue weighted by molar-refractivity contribution is 0.686. The summed E-state index contributed by atoms with van der Waals surface area (Å²) in [7, 11) is 0. The van der Waals surface area contributed by atoms with Gasteiger partial charge in [-0.05, 0) is 37.4 Å². The number of anilines is 1. The van der Waals surface area contributed by atoms with Gasteiger partial charge in [0, 0.05) is 22.8 Å². The van der Waals surface area contributed by atoms with Crippen molar-refractivity contribution in [2.24, 2.45) is 5.73 Å². The SMILES string of the molecule is CC(C)N(Cc1cccs1)c1ccnc(C(N)=S)c1. The second-order valence-corrected chi connectivity index (χ2v) is 6.04.